The number of thiazole rings is 1. The Morgan fingerprint density at radius 3 is 2.45 bits per heavy atom. The van der Waals surface area contributed by atoms with Gasteiger partial charge in [0.15, 0.2) is 9.84 Å². The Morgan fingerprint density at radius 2 is 1.93 bits per heavy atom. The van der Waals surface area contributed by atoms with Crippen LogP contribution >= 0.6 is 11.3 Å². The van der Waals surface area contributed by atoms with E-state index in [4.69, 9.17) is 0 Å². The highest BCUT2D eigenvalue weighted by Crippen LogP contribution is 2.34. The highest BCUT2D eigenvalue weighted by Gasteiger charge is 2.36. The number of rotatable bonds is 5. The second kappa shape index (κ2) is 8.06. The molecule has 5 nitrogen and oxygen atoms in total. The van der Waals surface area contributed by atoms with Gasteiger partial charge in [0.25, 0.3) is 5.91 Å². The molecule has 1 saturated heterocycles. The zero-order chi connectivity index (χ0) is 21.4. The van der Waals surface area contributed by atoms with Crippen molar-refractivity contribution in [2.45, 2.75) is 38.9 Å². The summed E-state index contributed by atoms with van der Waals surface area (Å²) in [5.74, 6) is -0.242. The molecule has 158 valence electrons. The molecule has 0 N–H and O–H groups in total. The van der Waals surface area contributed by atoms with E-state index in [0.717, 1.165) is 23.5 Å². The Hall–Kier alpha value is -1.94. The Bertz CT molecular complexity index is 999. The van der Waals surface area contributed by atoms with Crippen molar-refractivity contribution in [3.8, 4) is 10.6 Å². The first-order chi connectivity index (χ1) is 13.5. The van der Waals surface area contributed by atoms with Crippen molar-refractivity contribution in [1.29, 1.82) is 0 Å². The van der Waals surface area contributed by atoms with Crippen molar-refractivity contribution in [1.82, 2.24) is 9.88 Å². The van der Waals surface area contributed by atoms with Crippen LogP contribution in [0.5, 0.6) is 0 Å². The normalized spacial score (nSPS) is 18.7. The summed E-state index contributed by atoms with van der Waals surface area (Å²) in [7, 11) is -3.14. The van der Waals surface area contributed by atoms with Gasteiger partial charge in [-0.2, -0.15) is 13.2 Å². The molecule has 1 aliphatic rings. The van der Waals surface area contributed by atoms with Crippen molar-refractivity contribution < 1.29 is 26.4 Å². The molecular weight excluding hydrogens is 425 g/mol. The lowest BCUT2D eigenvalue weighted by Gasteiger charge is -2.27. The highest BCUT2D eigenvalue weighted by atomic mass is 32.2. The molecule has 3 rings (SSSR count). The maximum Gasteiger partial charge on any atom is 0.416 e. The van der Waals surface area contributed by atoms with E-state index in [0.29, 0.717) is 40.5 Å². The molecule has 1 aliphatic heterocycles. The molecule has 0 aliphatic carbocycles. The first-order valence-corrected chi connectivity index (χ1v) is 11.8. The van der Waals surface area contributed by atoms with Gasteiger partial charge in [0.1, 0.15) is 9.88 Å². The van der Waals surface area contributed by atoms with Gasteiger partial charge in [0.2, 0.25) is 0 Å². The fraction of sp³-hybridized carbons (Fsp3) is 0.474. The van der Waals surface area contributed by atoms with Gasteiger partial charge in [-0.1, -0.05) is 19.1 Å². The minimum atomic E-state index is -4.42. The Labute approximate surface area is 171 Å². The number of halogens is 3. The third-order valence-electron chi connectivity index (χ3n) is 4.82. The monoisotopic (exact) mass is 446 g/mol. The molecule has 29 heavy (non-hydrogen) atoms. The van der Waals surface area contributed by atoms with Gasteiger partial charge in [-0.15, -0.1) is 11.3 Å². The summed E-state index contributed by atoms with van der Waals surface area (Å²) in [5.41, 5.74) is 0.231. The number of aryl methyl sites for hydroxylation is 1. The molecule has 2 heterocycles. The van der Waals surface area contributed by atoms with Crippen molar-refractivity contribution >= 4 is 27.1 Å². The Morgan fingerprint density at radius 1 is 1.28 bits per heavy atom. The maximum atomic E-state index is 13.1. The van der Waals surface area contributed by atoms with Crippen LogP contribution in [0, 0.1) is 6.92 Å². The number of carbonyl (C=O) groups excluding carboxylic acids is 1. The molecule has 1 aromatic carbocycles. The molecule has 0 bridgehead atoms. The van der Waals surface area contributed by atoms with Crippen molar-refractivity contribution in [3.05, 3.63) is 40.4 Å². The topological polar surface area (TPSA) is 67.3 Å². The van der Waals surface area contributed by atoms with Gasteiger partial charge in [0.05, 0.1) is 22.8 Å². The SMILES string of the molecule is CCCN(C(=O)c1sc(-c2ccc(C(F)(F)F)cc2)nc1C)[C@@H]1CCS(=O)(=O)C1. The molecule has 10 heteroatoms. The summed E-state index contributed by atoms with van der Waals surface area (Å²) >= 11 is 1.11. The fourth-order valence-corrected chi connectivity index (χ4v) is 6.12. The van der Waals surface area contributed by atoms with Crippen LogP contribution < -0.4 is 0 Å². The smallest absolute Gasteiger partial charge is 0.334 e. The standard InChI is InChI=1S/C19H21F3N2O3S2/c1-3-9-24(15-8-10-29(26,27)11-15)18(25)16-12(2)23-17(28-16)13-4-6-14(7-5-13)19(20,21)22/h4-7,15H,3,8-11H2,1-2H3/t15-/m1/s1. The summed E-state index contributed by atoms with van der Waals surface area (Å²) in [4.78, 5) is 19.5. The van der Waals surface area contributed by atoms with Crippen LogP contribution in [0.4, 0.5) is 13.2 Å². The molecule has 2 aromatic rings. The van der Waals surface area contributed by atoms with Gasteiger partial charge in [-0.05, 0) is 31.9 Å². The number of benzene rings is 1. The number of aromatic nitrogens is 1. The summed E-state index contributed by atoms with van der Waals surface area (Å²) in [6, 6.07) is 4.29. The van der Waals surface area contributed by atoms with Crippen LogP contribution in [-0.2, 0) is 16.0 Å². The lowest BCUT2D eigenvalue weighted by molar-refractivity contribution is -0.137. The van der Waals surface area contributed by atoms with Gasteiger partial charge in [-0.25, -0.2) is 13.4 Å². The summed E-state index contributed by atoms with van der Waals surface area (Å²) in [5, 5.41) is 0.454. The fourth-order valence-electron chi connectivity index (χ4n) is 3.36. The average molecular weight is 447 g/mol. The predicted molar refractivity (Wildman–Crippen MR) is 106 cm³/mol. The molecule has 0 spiro atoms. The number of hydrogen-bond donors (Lipinski definition) is 0. The molecule has 0 unspecified atom stereocenters. The number of amides is 1. The van der Waals surface area contributed by atoms with Crippen molar-refractivity contribution in [2.24, 2.45) is 0 Å². The van der Waals surface area contributed by atoms with E-state index in [1.54, 1.807) is 11.8 Å². The lowest BCUT2D eigenvalue weighted by atomic mass is 10.1. The number of nitrogens with zero attached hydrogens (tertiary/aromatic N) is 2. The maximum absolute atomic E-state index is 13.1. The lowest BCUT2D eigenvalue weighted by Crippen LogP contribution is -2.41. The number of hydrogen-bond acceptors (Lipinski definition) is 5. The van der Waals surface area contributed by atoms with Crippen LogP contribution in [0.25, 0.3) is 10.6 Å². The molecule has 0 saturated carbocycles. The molecule has 1 amide bonds. The summed E-state index contributed by atoms with van der Waals surface area (Å²) < 4.78 is 61.9. The summed E-state index contributed by atoms with van der Waals surface area (Å²) in [6.07, 6.45) is -3.32. The van der Waals surface area contributed by atoms with Crippen LogP contribution in [-0.4, -0.2) is 48.3 Å². The minimum Gasteiger partial charge on any atom is -0.334 e. The number of sulfone groups is 1. The van der Waals surface area contributed by atoms with Gasteiger partial charge < -0.3 is 4.90 Å². The van der Waals surface area contributed by atoms with Crippen molar-refractivity contribution in [2.75, 3.05) is 18.1 Å². The van der Waals surface area contributed by atoms with E-state index in [9.17, 15) is 26.4 Å². The van der Waals surface area contributed by atoms with E-state index >= 15 is 0 Å². The van der Waals surface area contributed by atoms with Crippen LogP contribution in [0.1, 0.15) is 40.7 Å². The first kappa shape index (κ1) is 21.8. The van der Waals surface area contributed by atoms with E-state index < -0.39 is 21.6 Å². The Balaban J connectivity index is 1.87. The third-order valence-corrected chi connectivity index (χ3v) is 7.77. The molecule has 0 radical (unpaired) electrons. The van der Waals surface area contributed by atoms with Gasteiger partial charge >= 0.3 is 6.18 Å². The third kappa shape index (κ3) is 4.80. The van der Waals surface area contributed by atoms with Crippen LogP contribution in [0.3, 0.4) is 0 Å². The second-order valence-electron chi connectivity index (χ2n) is 7.06. The van der Waals surface area contributed by atoms with E-state index in [2.05, 4.69) is 4.98 Å². The second-order valence-corrected chi connectivity index (χ2v) is 10.3. The minimum absolute atomic E-state index is 0.0393. The zero-order valence-corrected chi connectivity index (χ0v) is 17.6. The van der Waals surface area contributed by atoms with Gasteiger partial charge in [-0.3, -0.25) is 4.79 Å². The van der Waals surface area contributed by atoms with Crippen molar-refractivity contribution in [3.63, 3.8) is 0 Å². The molecule has 1 fully saturated rings. The number of alkyl halides is 3. The highest BCUT2D eigenvalue weighted by molar-refractivity contribution is 7.91. The van der Waals surface area contributed by atoms with E-state index in [1.165, 1.54) is 12.1 Å². The van der Waals surface area contributed by atoms with E-state index in [1.807, 2.05) is 6.92 Å². The molecular formula is C19H21F3N2O3S2. The Kier molecular flexibility index (Phi) is 6.05. The van der Waals surface area contributed by atoms with E-state index in [-0.39, 0.29) is 23.5 Å². The van der Waals surface area contributed by atoms with Crippen LogP contribution in [0.2, 0.25) is 0 Å². The van der Waals surface area contributed by atoms with Gasteiger partial charge in [0, 0.05) is 18.2 Å². The molecule has 1 aromatic heterocycles. The predicted octanol–water partition coefficient (Wildman–Crippen LogP) is 4.18. The molecule has 1 atom stereocenters. The van der Waals surface area contributed by atoms with Crippen LogP contribution in [0.15, 0.2) is 24.3 Å². The average Bonchev–Trinajstić information content (AvgIpc) is 3.20. The number of carbonyl (C=O) groups is 1. The largest absolute Gasteiger partial charge is 0.416 e. The zero-order valence-electron chi connectivity index (χ0n) is 16.0. The first-order valence-electron chi connectivity index (χ1n) is 9.18. The summed E-state index contributed by atoms with van der Waals surface area (Å²) in [6.45, 7) is 4.02. The quantitative estimate of drug-likeness (QED) is 0.691.